The van der Waals surface area contributed by atoms with E-state index in [0.29, 0.717) is 12.2 Å². The monoisotopic (exact) mass is 128 g/mol. The summed E-state index contributed by atoms with van der Waals surface area (Å²) < 4.78 is 0. The normalized spacial score (nSPS) is 21.5. The summed E-state index contributed by atoms with van der Waals surface area (Å²) >= 11 is 4.86. The number of rotatable bonds is 0. The molecular weight excluding hydrogens is 120 g/mol. The van der Waals surface area contributed by atoms with E-state index in [1.165, 1.54) is 0 Å². The first-order chi connectivity index (χ1) is 3.79. The van der Waals surface area contributed by atoms with Crippen LogP contribution in [0.25, 0.3) is 0 Å². The maximum absolute atomic E-state index is 10.6. The molecule has 0 bridgehead atoms. The maximum atomic E-state index is 10.6. The van der Waals surface area contributed by atoms with E-state index in [9.17, 15) is 4.79 Å². The molecule has 0 unspecified atom stereocenters. The van der Waals surface area contributed by atoms with Gasteiger partial charge in [-0.25, -0.2) is 0 Å². The van der Waals surface area contributed by atoms with Gasteiger partial charge in [0.05, 0.1) is 0 Å². The predicted octanol–water partition coefficient (Wildman–Crippen LogP) is 1.50. The molecule has 8 heavy (non-hydrogen) atoms. The van der Waals surface area contributed by atoms with Gasteiger partial charge in [-0.15, -0.1) is 0 Å². The van der Waals surface area contributed by atoms with Crippen LogP contribution in [0.1, 0.15) is 25.7 Å². The van der Waals surface area contributed by atoms with Crippen molar-refractivity contribution in [2.75, 3.05) is 0 Å². The summed E-state index contributed by atoms with van der Waals surface area (Å²) in [6.07, 6.45) is 3.29. The molecule has 0 aliphatic heterocycles. The minimum Gasteiger partial charge on any atom is -0.299 e. The van der Waals surface area contributed by atoms with Gasteiger partial charge in [-0.1, -0.05) is 12.2 Å². The van der Waals surface area contributed by atoms with E-state index in [1.54, 1.807) is 0 Å². The Morgan fingerprint density at radius 2 is 2.12 bits per heavy atom. The van der Waals surface area contributed by atoms with Gasteiger partial charge in [0.25, 0.3) is 0 Å². The number of Topliss-reactive ketones (excluding diaryl/α,β-unsaturated/α-hetero) is 1. The van der Waals surface area contributed by atoms with Crippen molar-refractivity contribution in [2.24, 2.45) is 0 Å². The zero-order valence-corrected chi connectivity index (χ0v) is 5.46. The Balaban J connectivity index is 2.45. The highest BCUT2D eigenvalue weighted by Crippen LogP contribution is 2.10. The van der Waals surface area contributed by atoms with Gasteiger partial charge in [0.2, 0.25) is 0 Å². The fraction of sp³-hybridized carbons (Fsp3) is 0.667. The topological polar surface area (TPSA) is 17.1 Å². The Bertz CT molecular complexity index is 114. The fourth-order valence-corrected chi connectivity index (χ4v) is 1.18. The van der Waals surface area contributed by atoms with Crippen LogP contribution in [0.2, 0.25) is 0 Å². The molecule has 0 atom stereocenters. The van der Waals surface area contributed by atoms with E-state index >= 15 is 0 Å². The quantitative estimate of drug-likeness (QED) is 0.460. The van der Waals surface area contributed by atoms with Crippen LogP contribution in [0, 0.1) is 0 Å². The molecule has 0 spiro atoms. The zero-order chi connectivity index (χ0) is 5.98. The Morgan fingerprint density at radius 1 is 1.38 bits per heavy atom. The highest BCUT2D eigenvalue weighted by atomic mass is 32.1. The first-order valence-electron chi connectivity index (χ1n) is 2.82. The number of thiocarbonyl (C=S) groups is 1. The number of ketones is 1. The molecule has 0 amide bonds. The third kappa shape index (κ3) is 1.37. The molecule has 0 heterocycles. The van der Waals surface area contributed by atoms with Crippen molar-refractivity contribution in [1.82, 2.24) is 0 Å². The van der Waals surface area contributed by atoms with Crippen molar-refractivity contribution in [3.63, 3.8) is 0 Å². The average Bonchev–Trinajstić information content (AvgIpc) is 1.64. The lowest BCUT2D eigenvalue weighted by Crippen LogP contribution is -2.11. The van der Waals surface area contributed by atoms with Gasteiger partial charge >= 0.3 is 0 Å². The largest absolute Gasteiger partial charge is 0.299 e. The summed E-state index contributed by atoms with van der Waals surface area (Å²) in [6, 6.07) is 0. The van der Waals surface area contributed by atoms with Crippen LogP contribution in [-0.2, 0) is 4.79 Å². The van der Waals surface area contributed by atoms with Crippen LogP contribution in [0.3, 0.4) is 0 Å². The molecule has 0 aromatic rings. The van der Waals surface area contributed by atoms with E-state index in [4.69, 9.17) is 12.2 Å². The Labute approximate surface area is 54.1 Å². The molecule has 0 aromatic carbocycles. The van der Waals surface area contributed by atoms with Crippen molar-refractivity contribution in [2.45, 2.75) is 25.7 Å². The van der Waals surface area contributed by atoms with Gasteiger partial charge in [0, 0.05) is 17.7 Å². The highest BCUT2D eigenvalue weighted by Gasteiger charge is 2.11. The molecule has 1 nitrogen and oxygen atoms in total. The lowest BCUT2D eigenvalue weighted by Gasteiger charge is -2.07. The van der Waals surface area contributed by atoms with Crippen LogP contribution in [0.5, 0.6) is 0 Å². The van der Waals surface area contributed by atoms with Crippen LogP contribution in [-0.4, -0.2) is 10.6 Å². The molecule has 0 N–H and O–H groups in total. The summed E-state index contributed by atoms with van der Waals surface area (Å²) in [4.78, 5) is 11.5. The number of hydrogen-bond acceptors (Lipinski definition) is 2. The van der Waals surface area contributed by atoms with Gasteiger partial charge in [0.15, 0.2) is 0 Å². The lowest BCUT2D eigenvalue weighted by molar-refractivity contribution is -0.118. The van der Waals surface area contributed by atoms with Crippen molar-refractivity contribution in [3.8, 4) is 0 Å². The standard InChI is InChI=1S/C6H8OS/c7-5-2-1-3-6(8)4-5/h1-4H2. The third-order valence-corrected chi connectivity index (χ3v) is 1.65. The average molecular weight is 128 g/mol. The molecule has 1 aliphatic rings. The summed E-state index contributed by atoms with van der Waals surface area (Å²) in [5, 5.41) is 0. The van der Waals surface area contributed by atoms with E-state index in [0.717, 1.165) is 24.1 Å². The van der Waals surface area contributed by atoms with Crippen LogP contribution in [0.15, 0.2) is 0 Å². The molecule has 0 aromatic heterocycles. The van der Waals surface area contributed by atoms with Gasteiger partial charge in [-0.2, -0.15) is 0 Å². The Hall–Kier alpha value is -0.240. The maximum Gasteiger partial charge on any atom is 0.137 e. The predicted molar refractivity (Wildman–Crippen MR) is 36.1 cm³/mol. The SMILES string of the molecule is O=C1CCCC(=S)C1. The summed E-state index contributed by atoms with van der Waals surface area (Å²) in [7, 11) is 0. The van der Waals surface area contributed by atoms with Gasteiger partial charge in [-0.3, -0.25) is 4.79 Å². The summed E-state index contributed by atoms with van der Waals surface area (Å²) in [5.41, 5.74) is 0. The first-order valence-corrected chi connectivity index (χ1v) is 3.23. The Kier molecular flexibility index (Phi) is 1.73. The van der Waals surface area contributed by atoms with Crippen LogP contribution >= 0.6 is 12.2 Å². The smallest absolute Gasteiger partial charge is 0.137 e. The van der Waals surface area contributed by atoms with Gasteiger partial charge in [-0.05, 0) is 12.8 Å². The molecule has 1 aliphatic carbocycles. The third-order valence-electron chi connectivity index (χ3n) is 1.31. The van der Waals surface area contributed by atoms with Crippen LogP contribution in [0.4, 0.5) is 0 Å². The van der Waals surface area contributed by atoms with E-state index in [-0.39, 0.29) is 0 Å². The van der Waals surface area contributed by atoms with E-state index in [2.05, 4.69) is 0 Å². The Morgan fingerprint density at radius 3 is 2.50 bits per heavy atom. The molecule has 0 saturated heterocycles. The van der Waals surface area contributed by atoms with E-state index in [1.807, 2.05) is 0 Å². The van der Waals surface area contributed by atoms with E-state index < -0.39 is 0 Å². The van der Waals surface area contributed by atoms with Crippen molar-refractivity contribution in [1.29, 1.82) is 0 Å². The molecule has 1 saturated carbocycles. The molecule has 2 heteroatoms. The number of carbonyl (C=O) groups excluding carboxylic acids is 1. The number of carbonyl (C=O) groups is 1. The van der Waals surface area contributed by atoms with Crippen molar-refractivity contribution < 1.29 is 4.79 Å². The summed E-state index contributed by atoms with van der Waals surface area (Å²) in [6.45, 7) is 0. The lowest BCUT2D eigenvalue weighted by atomic mass is 9.99. The number of hydrogen-bond donors (Lipinski definition) is 0. The van der Waals surface area contributed by atoms with Crippen molar-refractivity contribution in [3.05, 3.63) is 0 Å². The molecule has 1 rings (SSSR count). The second-order valence-corrected chi connectivity index (χ2v) is 2.69. The first kappa shape index (κ1) is 5.89. The molecule has 0 radical (unpaired) electrons. The van der Waals surface area contributed by atoms with Gasteiger partial charge in [0.1, 0.15) is 5.78 Å². The second-order valence-electron chi connectivity index (χ2n) is 2.11. The fourth-order valence-electron chi connectivity index (χ4n) is 0.879. The molecule has 44 valence electrons. The van der Waals surface area contributed by atoms with Crippen molar-refractivity contribution >= 4 is 22.9 Å². The minimum absolute atomic E-state index is 0.321. The van der Waals surface area contributed by atoms with Crippen LogP contribution < -0.4 is 0 Å². The summed E-state index contributed by atoms with van der Waals surface area (Å²) in [5.74, 6) is 0.321. The zero-order valence-electron chi connectivity index (χ0n) is 4.64. The second kappa shape index (κ2) is 2.35. The highest BCUT2D eigenvalue weighted by molar-refractivity contribution is 7.80. The minimum atomic E-state index is 0.321. The molecular formula is C6H8OS. The van der Waals surface area contributed by atoms with Gasteiger partial charge < -0.3 is 0 Å². The molecule has 1 fully saturated rings.